The first-order valence-corrected chi connectivity index (χ1v) is 6.80. The highest BCUT2D eigenvalue weighted by Gasteiger charge is 2.06. The van der Waals surface area contributed by atoms with Crippen LogP contribution in [0.3, 0.4) is 0 Å². The maximum atomic E-state index is 5.96. The van der Waals surface area contributed by atoms with Gasteiger partial charge in [-0.2, -0.15) is 5.10 Å². The minimum Gasteiger partial charge on any atom is -0.490 e. The van der Waals surface area contributed by atoms with E-state index < -0.39 is 0 Å². The van der Waals surface area contributed by atoms with Crippen molar-refractivity contribution in [2.45, 2.75) is 13.5 Å². The SMILES string of the molecule is CCn1cc(-c2ccc(N)c(OCCN(C)C)c2)cn1. The Bertz CT molecular complexity index is 563. The van der Waals surface area contributed by atoms with Crippen molar-refractivity contribution >= 4 is 5.69 Å². The predicted octanol–water partition coefficient (Wildman–Crippen LogP) is 2.09. The number of aryl methyl sites for hydroxylation is 1. The van der Waals surface area contributed by atoms with Crippen molar-refractivity contribution in [1.29, 1.82) is 0 Å². The molecule has 0 bridgehead atoms. The first kappa shape index (κ1) is 14.4. The number of nitrogens with zero attached hydrogens (tertiary/aromatic N) is 3. The molecule has 0 amide bonds. The van der Waals surface area contributed by atoms with Crippen LogP contribution in [0.5, 0.6) is 5.75 Å². The summed E-state index contributed by atoms with van der Waals surface area (Å²) in [7, 11) is 4.03. The van der Waals surface area contributed by atoms with Crippen LogP contribution in [0.1, 0.15) is 6.92 Å². The molecule has 0 saturated heterocycles. The van der Waals surface area contributed by atoms with E-state index in [2.05, 4.69) is 16.9 Å². The lowest BCUT2D eigenvalue weighted by molar-refractivity contribution is 0.262. The Morgan fingerprint density at radius 3 is 2.75 bits per heavy atom. The Hall–Kier alpha value is -2.01. The normalized spacial score (nSPS) is 11.0. The molecular weight excluding hydrogens is 252 g/mol. The second-order valence-corrected chi connectivity index (χ2v) is 4.99. The first-order chi connectivity index (χ1) is 9.60. The molecule has 5 nitrogen and oxygen atoms in total. The smallest absolute Gasteiger partial charge is 0.142 e. The van der Waals surface area contributed by atoms with E-state index >= 15 is 0 Å². The Labute approximate surface area is 119 Å². The van der Waals surface area contributed by atoms with Crippen LogP contribution in [0, 0.1) is 0 Å². The summed E-state index contributed by atoms with van der Waals surface area (Å²) in [5, 5.41) is 4.29. The number of nitrogen functional groups attached to an aromatic ring is 1. The van der Waals surface area contributed by atoms with E-state index in [0.717, 1.165) is 30.0 Å². The Morgan fingerprint density at radius 1 is 1.30 bits per heavy atom. The number of rotatable bonds is 6. The van der Waals surface area contributed by atoms with Crippen LogP contribution < -0.4 is 10.5 Å². The van der Waals surface area contributed by atoms with E-state index in [1.807, 2.05) is 49.4 Å². The van der Waals surface area contributed by atoms with E-state index in [1.165, 1.54) is 0 Å². The van der Waals surface area contributed by atoms with Crippen LogP contribution in [0.2, 0.25) is 0 Å². The number of nitrogens with two attached hydrogens (primary N) is 1. The van der Waals surface area contributed by atoms with Gasteiger partial charge in [0.05, 0.1) is 11.9 Å². The number of hydrogen-bond acceptors (Lipinski definition) is 4. The molecule has 1 aromatic carbocycles. The molecule has 20 heavy (non-hydrogen) atoms. The fraction of sp³-hybridized carbons (Fsp3) is 0.400. The van der Waals surface area contributed by atoms with Crippen molar-refractivity contribution in [2.24, 2.45) is 0 Å². The molecule has 2 N–H and O–H groups in total. The highest BCUT2D eigenvalue weighted by atomic mass is 16.5. The topological polar surface area (TPSA) is 56.3 Å². The summed E-state index contributed by atoms with van der Waals surface area (Å²) in [6.45, 7) is 4.41. The fourth-order valence-corrected chi connectivity index (χ4v) is 1.86. The molecule has 5 heteroatoms. The molecule has 108 valence electrons. The molecular formula is C15H22N4O. The van der Waals surface area contributed by atoms with Gasteiger partial charge in [0.15, 0.2) is 0 Å². The molecule has 2 rings (SSSR count). The van der Waals surface area contributed by atoms with Crippen molar-refractivity contribution in [1.82, 2.24) is 14.7 Å². The van der Waals surface area contributed by atoms with Gasteiger partial charge in [0.1, 0.15) is 12.4 Å². The Morgan fingerprint density at radius 2 is 2.10 bits per heavy atom. The lowest BCUT2D eigenvalue weighted by atomic mass is 10.1. The number of aromatic nitrogens is 2. The van der Waals surface area contributed by atoms with Crippen LogP contribution in [0.25, 0.3) is 11.1 Å². The van der Waals surface area contributed by atoms with Crippen LogP contribution in [-0.2, 0) is 6.54 Å². The van der Waals surface area contributed by atoms with Crippen LogP contribution >= 0.6 is 0 Å². The molecule has 2 aromatic rings. The van der Waals surface area contributed by atoms with Gasteiger partial charge < -0.3 is 15.4 Å². The zero-order valence-corrected chi connectivity index (χ0v) is 12.3. The van der Waals surface area contributed by atoms with Crippen LogP contribution in [0.4, 0.5) is 5.69 Å². The summed E-state index contributed by atoms with van der Waals surface area (Å²) in [4.78, 5) is 2.07. The number of hydrogen-bond donors (Lipinski definition) is 1. The molecule has 0 aliphatic carbocycles. The van der Waals surface area contributed by atoms with Crippen molar-refractivity contribution in [2.75, 3.05) is 33.0 Å². The van der Waals surface area contributed by atoms with E-state index in [0.29, 0.717) is 12.3 Å². The Kier molecular flexibility index (Phi) is 4.63. The largest absolute Gasteiger partial charge is 0.490 e. The summed E-state index contributed by atoms with van der Waals surface area (Å²) < 4.78 is 7.65. The van der Waals surface area contributed by atoms with Crippen molar-refractivity contribution in [3.63, 3.8) is 0 Å². The quantitative estimate of drug-likeness (QED) is 0.820. The molecule has 0 unspecified atom stereocenters. The van der Waals surface area contributed by atoms with E-state index in [9.17, 15) is 0 Å². The van der Waals surface area contributed by atoms with Crippen molar-refractivity contribution in [3.8, 4) is 16.9 Å². The van der Waals surface area contributed by atoms with Crippen molar-refractivity contribution in [3.05, 3.63) is 30.6 Å². The fourth-order valence-electron chi connectivity index (χ4n) is 1.86. The summed E-state index contributed by atoms with van der Waals surface area (Å²) >= 11 is 0. The number of ether oxygens (including phenoxy) is 1. The summed E-state index contributed by atoms with van der Waals surface area (Å²) in [6.07, 6.45) is 3.88. The van der Waals surface area contributed by atoms with Gasteiger partial charge in [0.2, 0.25) is 0 Å². The van der Waals surface area contributed by atoms with Crippen LogP contribution in [-0.4, -0.2) is 41.9 Å². The average molecular weight is 274 g/mol. The standard InChI is InChI=1S/C15H22N4O/c1-4-19-11-13(10-17-19)12-5-6-14(16)15(9-12)20-8-7-18(2)3/h5-6,9-11H,4,7-8,16H2,1-3H3. The van der Waals surface area contributed by atoms with Gasteiger partial charge in [-0.15, -0.1) is 0 Å². The lowest BCUT2D eigenvalue weighted by Gasteiger charge is -2.13. The van der Waals surface area contributed by atoms with Gasteiger partial charge in [-0.25, -0.2) is 0 Å². The van der Waals surface area contributed by atoms with Gasteiger partial charge in [-0.3, -0.25) is 4.68 Å². The van der Waals surface area contributed by atoms with E-state index in [-0.39, 0.29) is 0 Å². The molecule has 1 aromatic heterocycles. The van der Waals surface area contributed by atoms with E-state index in [1.54, 1.807) is 0 Å². The first-order valence-electron chi connectivity index (χ1n) is 6.80. The number of benzene rings is 1. The number of likely N-dealkylation sites (N-methyl/N-ethyl adjacent to an activating group) is 1. The molecule has 0 radical (unpaired) electrons. The second kappa shape index (κ2) is 6.43. The molecule has 0 atom stereocenters. The molecule has 0 aliphatic rings. The third-order valence-electron chi connectivity index (χ3n) is 3.10. The number of anilines is 1. The lowest BCUT2D eigenvalue weighted by Crippen LogP contribution is -2.19. The summed E-state index contributed by atoms with van der Waals surface area (Å²) in [5.41, 5.74) is 8.76. The highest BCUT2D eigenvalue weighted by molar-refractivity contribution is 5.68. The summed E-state index contributed by atoms with van der Waals surface area (Å²) in [6, 6.07) is 5.84. The molecule has 0 spiro atoms. The van der Waals surface area contributed by atoms with Crippen molar-refractivity contribution < 1.29 is 4.74 Å². The van der Waals surface area contributed by atoms with Gasteiger partial charge in [-0.05, 0) is 38.7 Å². The maximum Gasteiger partial charge on any atom is 0.142 e. The third-order valence-corrected chi connectivity index (χ3v) is 3.10. The Balaban J connectivity index is 2.15. The van der Waals surface area contributed by atoms with Gasteiger partial charge in [0.25, 0.3) is 0 Å². The average Bonchev–Trinajstić information content (AvgIpc) is 2.89. The molecule has 0 saturated carbocycles. The molecule has 0 aliphatic heterocycles. The molecule has 1 heterocycles. The minimum atomic E-state index is 0.620. The van der Waals surface area contributed by atoms with E-state index in [4.69, 9.17) is 10.5 Å². The van der Waals surface area contributed by atoms with Gasteiger partial charge in [-0.1, -0.05) is 6.07 Å². The predicted molar refractivity (Wildman–Crippen MR) is 81.8 cm³/mol. The second-order valence-electron chi connectivity index (χ2n) is 4.99. The third kappa shape index (κ3) is 3.51. The molecule has 0 fully saturated rings. The maximum absolute atomic E-state index is 5.96. The van der Waals surface area contributed by atoms with Gasteiger partial charge >= 0.3 is 0 Å². The van der Waals surface area contributed by atoms with Gasteiger partial charge in [0, 0.05) is 24.8 Å². The minimum absolute atomic E-state index is 0.620. The summed E-state index contributed by atoms with van der Waals surface area (Å²) in [5.74, 6) is 0.730. The monoisotopic (exact) mass is 274 g/mol. The zero-order valence-electron chi connectivity index (χ0n) is 12.3. The van der Waals surface area contributed by atoms with Crippen LogP contribution in [0.15, 0.2) is 30.6 Å². The highest BCUT2D eigenvalue weighted by Crippen LogP contribution is 2.28. The zero-order chi connectivity index (χ0) is 14.5.